The summed E-state index contributed by atoms with van der Waals surface area (Å²) in [7, 11) is -1.10. The van der Waals surface area contributed by atoms with Gasteiger partial charge in [-0.05, 0) is 48.7 Å². The average molecular weight is 485 g/mol. The normalized spacial score (nSPS) is 17.1. The SMILES string of the molecule is Cn1c(C[C@H]2CCS(=O)(=O)C2)nnc1SCC(=O)c1ccc(NC(=O)c2ccccc2)cc1. The van der Waals surface area contributed by atoms with E-state index >= 15 is 0 Å². The number of sulfone groups is 1. The van der Waals surface area contributed by atoms with Gasteiger partial charge in [0.05, 0.1) is 17.3 Å². The van der Waals surface area contributed by atoms with Gasteiger partial charge >= 0.3 is 0 Å². The molecule has 2 aromatic carbocycles. The van der Waals surface area contributed by atoms with E-state index in [4.69, 9.17) is 0 Å². The summed E-state index contributed by atoms with van der Waals surface area (Å²) in [6.45, 7) is 0. The van der Waals surface area contributed by atoms with Gasteiger partial charge in [0, 0.05) is 30.3 Å². The molecule has 3 aromatic rings. The van der Waals surface area contributed by atoms with E-state index in [-0.39, 0.29) is 34.9 Å². The Bertz CT molecular complexity index is 1260. The number of carbonyl (C=O) groups is 2. The molecule has 1 aliphatic heterocycles. The zero-order valence-corrected chi connectivity index (χ0v) is 19.7. The first-order valence-corrected chi connectivity index (χ1v) is 13.3. The smallest absolute Gasteiger partial charge is 0.255 e. The molecule has 4 rings (SSSR count). The molecule has 2 heterocycles. The summed E-state index contributed by atoms with van der Waals surface area (Å²) in [5.41, 5.74) is 1.71. The van der Waals surface area contributed by atoms with Crippen LogP contribution in [-0.4, -0.2) is 52.1 Å². The standard InChI is InChI=1S/C23H24N4O4S2/c1-27-21(13-16-11-12-33(30,31)15-16)25-26-23(27)32-14-20(28)17-7-9-19(10-8-17)24-22(29)18-5-3-2-4-6-18/h2-10,16H,11-15H2,1H3,(H,24,29)/t16-/m1/s1. The maximum atomic E-state index is 12.6. The number of Topliss-reactive ketones (excluding diaryl/α,β-unsaturated/α-hetero) is 1. The molecule has 0 radical (unpaired) electrons. The van der Waals surface area contributed by atoms with Crippen molar-refractivity contribution >= 4 is 39.0 Å². The largest absolute Gasteiger partial charge is 0.322 e. The van der Waals surface area contributed by atoms with Gasteiger partial charge < -0.3 is 9.88 Å². The van der Waals surface area contributed by atoms with Crippen molar-refractivity contribution < 1.29 is 18.0 Å². The highest BCUT2D eigenvalue weighted by atomic mass is 32.2. The summed E-state index contributed by atoms with van der Waals surface area (Å²) in [5.74, 6) is 1.15. The second-order valence-electron chi connectivity index (χ2n) is 8.04. The van der Waals surface area contributed by atoms with Crippen molar-refractivity contribution in [2.75, 3.05) is 22.6 Å². The summed E-state index contributed by atoms with van der Waals surface area (Å²) in [5, 5.41) is 11.8. The molecule has 1 atom stereocenters. The van der Waals surface area contributed by atoms with Crippen molar-refractivity contribution in [3.05, 3.63) is 71.5 Å². The highest BCUT2D eigenvalue weighted by Crippen LogP contribution is 2.24. The van der Waals surface area contributed by atoms with Crippen LogP contribution in [0, 0.1) is 5.92 Å². The minimum atomic E-state index is -2.93. The van der Waals surface area contributed by atoms with Crippen LogP contribution in [0.3, 0.4) is 0 Å². The molecule has 8 nitrogen and oxygen atoms in total. The first kappa shape index (κ1) is 23.2. The summed E-state index contributed by atoms with van der Waals surface area (Å²) >= 11 is 1.29. The molecule has 0 bridgehead atoms. The predicted octanol–water partition coefficient (Wildman–Crippen LogP) is 3.02. The Balaban J connectivity index is 1.31. The number of nitrogens with zero attached hydrogens (tertiary/aromatic N) is 3. The number of hydrogen-bond donors (Lipinski definition) is 1. The van der Waals surface area contributed by atoms with E-state index in [2.05, 4.69) is 15.5 Å². The molecular weight excluding hydrogens is 460 g/mol. The first-order chi connectivity index (χ1) is 15.8. The van der Waals surface area contributed by atoms with E-state index in [9.17, 15) is 18.0 Å². The number of amides is 1. The Morgan fingerprint density at radius 1 is 1.06 bits per heavy atom. The number of carbonyl (C=O) groups excluding carboxylic acids is 2. The van der Waals surface area contributed by atoms with Gasteiger partial charge in [0.1, 0.15) is 5.82 Å². The van der Waals surface area contributed by atoms with Crippen LogP contribution in [0.5, 0.6) is 0 Å². The fraction of sp³-hybridized carbons (Fsp3) is 0.304. The molecule has 0 unspecified atom stereocenters. The fourth-order valence-electron chi connectivity index (χ4n) is 3.69. The second-order valence-corrected chi connectivity index (χ2v) is 11.2. The monoisotopic (exact) mass is 484 g/mol. The van der Waals surface area contributed by atoms with Crippen LogP contribution in [0.15, 0.2) is 59.8 Å². The quantitative estimate of drug-likeness (QED) is 0.386. The van der Waals surface area contributed by atoms with Gasteiger partial charge in [-0.15, -0.1) is 10.2 Å². The maximum absolute atomic E-state index is 12.6. The summed E-state index contributed by atoms with van der Waals surface area (Å²) in [6, 6.07) is 15.7. The third-order valence-corrected chi connectivity index (χ3v) is 8.41. The van der Waals surface area contributed by atoms with Crippen LogP contribution in [0.4, 0.5) is 5.69 Å². The highest BCUT2D eigenvalue weighted by molar-refractivity contribution is 7.99. The molecule has 1 aliphatic rings. The molecule has 1 saturated heterocycles. The lowest BCUT2D eigenvalue weighted by molar-refractivity contribution is 0.101. The van der Waals surface area contributed by atoms with Crippen molar-refractivity contribution in [3.63, 3.8) is 0 Å². The molecule has 0 aliphatic carbocycles. The van der Waals surface area contributed by atoms with E-state index in [0.717, 1.165) is 5.82 Å². The molecular formula is C23H24N4O4S2. The number of anilines is 1. The van der Waals surface area contributed by atoms with Gasteiger partial charge in [-0.2, -0.15) is 0 Å². The highest BCUT2D eigenvalue weighted by Gasteiger charge is 2.29. The summed E-state index contributed by atoms with van der Waals surface area (Å²) in [4.78, 5) is 24.8. The number of benzene rings is 2. The van der Waals surface area contributed by atoms with Gasteiger partial charge in [-0.3, -0.25) is 9.59 Å². The van der Waals surface area contributed by atoms with Gasteiger partial charge in [0.25, 0.3) is 5.91 Å². The van der Waals surface area contributed by atoms with Crippen molar-refractivity contribution in [1.82, 2.24) is 14.8 Å². The molecule has 10 heteroatoms. The lowest BCUT2D eigenvalue weighted by Crippen LogP contribution is -2.12. The number of ketones is 1. The Hall–Kier alpha value is -2.98. The number of rotatable bonds is 8. The lowest BCUT2D eigenvalue weighted by atomic mass is 10.1. The Labute approximate surface area is 196 Å². The maximum Gasteiger partial charge on any atom is 0.255 e. The Kier molecular flexibility index (Phi) is 6.94. The van der Waals surface area contributed by atoms with E-state index in [1.807, 2.05) is 17.7 Å². The molecule has 0 saturated carbocycles. The third-order valence-electron chi connectivity index (χ3n) is 5.56. The number of thioether (sulfide) groups is 1. The van der Waals surface area contributed by atoms with Gasteiger partial charge in [0.15, 0.2) is 20.8 Å². The van der Waals surface area contributed by atoms with E-state index in [1.54, 1.807) is 48.5 Å². The van der Waals surface area contributed by atoms with Crippen LogP contribution in [0.2, 0.25) is 0 Å². The molecule has 1 fully saturated rings. The van der Waals surface area contributed by atoms with Crippen LogP contribution < -0.4 is 5.32 Å². The number of hydrogen-bond acceptors (Lipinski definition) is 7. The Morgan fingerprint density at radius 3 is 2.45 bits per heavy atom. The molecule has 1 amide bonds. The first-order valence-electron chi connectivity index (χ1n) is 10.5. The third kappa shape index (κ3) is 5.88. The predicted molar refractivity (Wildman–Crippen MR) is 127 cm³/mol. The van der Waals surface area contributed by atoms with Gasteiger partial charge in [0.2, 0.25) is 0 Å². The molecule has 172 valence electrons. The zero-order valence-electron chi connectivity index (χ0n) is 18.1. The zero-order chi connectivity index (χ0) is 23.4. The number of nitrogens with one attached hydrogen (secondary N) is 1. The van der Waals surface area contributed by atoms with Crippen LogP contribution >= 0.6 is 11.8 Å². The van der Waals surface area contributed by atoms with Crippen molar-refractivity contribution in [3.8, 4) is 0 Å². The molecule has 0 spiro atoms. The number of aromatic nitrogens is 3. The second kappa shape index (κ2) is 9.88. The van der Waals surface area contributed by atoms with Crippen LogP contribution in [-0.2, 0) is 23.3 Å². The van der Waals surface area contributed by atoms with Crippen molar-refractivity contribution in [1.29, 1.82) is 0 Å². The van der Waals surface area contributed by atoms with Gasteiger partial charge in [-0.25, -0.2) is 8.42 Å². The Morgan fingerprint density at radius 2 is 1.79 bits per heavy atom. The molecule has 33 heavy (non-hydrogen) atoms. The van der Waals surface area contributed by atoms with E-state index in [1.165, 1.54) is 11.8 Å². The molecule has 1 N–H and O–H groups in total. The topological polar surface area (TPSA) is 111 Å². The average Bonchev–Trinajstić information content (AvgIpc) is 3.34. The minimum Gasteiger partial charge on any atom is -0.322 e. The fourth-order valence-corrected chi connectivity index (χ4v) is 6.37. The van der Waals surface area contributed by atoms with E-state index < -0.39 is 9.84 Å². The van der Waals surface area contributed by atoms with Crippen molar-refractivity contribution in [2.24, 2.45) is 13.0 Å². The minimum absolute atomic E-state index is 0.0626. The van der Waals surface area contributed by atoms with E-state index in [0.29, 0.717) is 34.8 Å². The van der Waals surface area contributed by atoms with Crippen molar-refractivity contribution in [2.45, 2.75) is 18.0 Å². The lowest BCUT2D eigenvalue weighted by Gasteiger charge is -2.08. The molecule has 1 aromatic heterocycles. The van der Waals surface area contributed by atoms with Crippen LogP contribution in [0.1, 0.15) is 33.0 Å². The summed E-state index contributed by atoms with van der Waals surface area (Å²) < 4.78 is 25.2. The van der Waals surface area contributed by atoms with Gasteiger partial charge in [-0.1, -0.05) is 30.0 Å². The summed E-state index contributed by atoms with van der Waals surface area (Å²) in [6.07, 6.45) is 1.21. The van der Waals surface area contributed by atoms with Crippen LogP contribution in [0.25, 0.3) is 0 Å².